The molecule has 154 valence electrons. The summed E-state index contributed by atoms with van der Waals surface area (Å²) in [7, 11) is 1.52. The van der Waals surface area contributed by atoms with Gasteiger partial charge in [0.2, 0.25) is 5.75 Å². The Morgan fingerprint density at radius 2 is 1.61 bits per heavy atom. The number of methoxy groups -OCH3 is 1. The van der Waals surface area contributed by atoms with Crippen LogP contribution in [0.15, 0.2) is 86.6 Å². The summed E-state index contributed by atoms with van der Waals surface area (Å²) in [5, 5.41) is 1.01. The van der Waals surface area contributed by atoms with E-state index in [0.717, 1.165) is 16.7 Å². The summed E-state index contributed by atoms with van der Waals surface area (Å²) in [6.07, 6.45) is 1.55. The molecule has 0 spiro atoms. The normalized spacial score (nSPS) is 11.2. The highest BCUT2D eigenvalue weighted by molar-refractivity contribution is 6.06. The molecule has 0 bridgehead atoms. The average Bonchev–Trinajstić information content (AvgIpc) is 3.27. The minimum atomic E-state index is -0.184. The fourth-order valence-electron chi connectivity index (χ4n) is 3.81. The first-order chi connectivity index (χ1) is 15.2. The lowest BCUT2D eigenvalue weighted by Gasteiger charge is -2.13. The Morgan fingerprint density at radius 1 is 0.871 bits per heavy atom. The van der Waals surface area contributed by atoms with Gasteiger partial charge in [0.15, 0.2) is 16.6 Å². The van der Waals surface area contributed by atoms with Gasteiger partial charge in [-0.1, -0.05) is 54.6 Å². The molecule has 5 heteroatoms. The molecule has 0 fully saturated rings. The van der Waals surface area contributed by atoms with Crippen molar-refractivity contribution in [3.63, 3.8) is 0 Å². The van der Waals surface area contributed by atoms with Crippen LogP contribution in [0.4, 0.5) is 0 Å². The minimum absolute atomic E-state index is 0.184. The summed E-state index contributed by atoms with van der Waals surface area (Å²) in [5.74, 6) is 1.30. The Labute approximate surface area is 178 Å². The fraction of sp³-hybridized carbons (Fsp3) is 0.115. The van der Waals surface area contributed by atoms with Crippen molar-refractivity contribution in [3.8, 4) is 22.6 Å². The van der Waals surface area contributed by atoms with Crippen LogP contribution < -0.4 is 14.9 Å². The molecule has 5 aromatic rings. The van der Waals surface area contributed by atoms with E-state index in [0.29, 0.717) is 45.8 Å². The zero-order chi connectivity index (χ0) is 21.4. The lowest BCUT2D eigenvalue weighted by Crippen LogP contribution is -2.05. The van der Waals surface area contributed by atoms with Crippen LogP contribution in [0.2, 0.25) is 0 Å². The van der Waals surface area contributed by atoms with Gasteiger partial charge >= 0.3 is 0 Å². The van der Waals surface area contributed by atoms with Gasteiger partial charge in [0.1, 0.15) is 23.5 Å². The van der Waals surface area contributed by atoms with Crippen molar-refractivity contribution < 1.29 is 18.3 Å². The molecule has 0 saturated carbocycles. The maximum atomic E-state index is 12.7. The molecule has 0 atom stereocenters. The molecular formula is C26H20O5. The first-order valence-corrected chi connectivity index (χ1v) is 9.94. The number of hydrogen-bond acceptors (Lipinski definition) is 5. The molecule has 2 heterocycles. The molecule has 0 unspecified atom stereocenters. The van der Waals surface area contributed by atoms with Gasteiger partial charge in [-0.3, -0.25) is 4.79 Å². The van der Waals surface area contributed by atoms with E-state index in [1.807, 2.05) is 30.3 Å². The lowest BCUT2D eigenvalue weighted by atomic mass is 10.0. The number of benzene rings is 3. The number of hydrogen-bond donors (Lipinski definition) is 0. The first-order valence-electron chi connectivity index (χ1n) is 9.94. The van der Waals surface area contributed by atoms with Crippen molar-refractivity contribution in [1.82, 2.24) is 0 Å². The topological polar surface area (TPSA) is 61.8 Å². The van der Waals surface area contributed by atoms with E-state index < -0.39 is 0 Å². The van der Waals surface area contributed by atoms with Crippen LogP contribution >= 0.6 is 0 Å². The Morgan fingerprint density at radius 3 is 2.35 bits per heavy atom. The number of aryl methyl sites for hydroxylation is 1. The molecule has 31 heavy (non-hydrogen) atoms. The Hall–Kier alpha value is -3.99. The SMILES string of the molecule is COc1c2ccoc2c(OCc2ccc(-c3ccccc3)cc2)c2oc(C)cc(=O)c12. The van der Waals surface area contributed by atoms with Gasteiger partial charge in [-0.25, -0.2) is 0 Å². The molecule has 0 aliphatic carbocycles. The molecule has 3 aromatic carbocycles. The third kappa shape index (κ3) is 3.34. The molecule has 2 aromatic heterocycles. The summed E-state index contributed by atoms with van der Waals surface area (Å²) in [4.78, 5) is 12.7. The van der Waals surface area contributed by atoms with Crippen LogP contribution in [0, 0.1) is 6.92 Å². The number of ether oxygens (including phenoxy) is 2. The van der Waals surface area contributed by atoms with Crippen molar-refractivity contribution in [1.29, 1.82) is 0 Å². The minimum Gasteiger partial charge on any atom is -0.495 e. The smallest absolute Gasteiger partial charge is 0.206 e. The van der Waals surface area contributed by atoms with E-state index in [-0.39, 0.29) is 5.43 Å². The van der Waals surface area contributed by atoms with E-state index in [1.54, 1.807) is 19.3 Å². The molecule has 5 rings (SSSR count). The second kappa shape index (κ2) is 7.69. The van der Waals surface area contributed by atoms with Crippen LogP contribution in [0.5, 0.6) is 11.5 Å². The highest BCUT2D eigenvalue weighted by Gasteiger charge is 2.23. The van der Waals surface area contributed by atoms with Crippen LogP contribution in [0.3, 0.4) is 0 Å². The third-order valence-electron chi connectivity index (χ3n) is 5.27. The maximum absolute atomic E-state index is 12.7. The third-order valence-corrected chi connectivity index (χ3v) is 5.27. The van der Waals surface area contributed by atoms with Gasteiger partial charge < -0.3 is 18.3 Å². The number of rotatable bonds is 5. The average molecular weight is 412 g/mol. The number of fused-ring (bicyclic) bond motifs is 2. The Balaban J connectivity index is 1.54. The van der Waals surface area contributed by atoms with Crippen LogP contribution in [0.1, 0.15) is 11.3 Å². The highest BCUT2D eigenvalue weighted by Crippen LogP contribution is 2.42. The molecule has 0 aliphatic rings. The lowest BCUT2D eigenvalue weighted by molar-refractivity contribution is 0.303. The summed E-state index contributed by atoms with van der Waals surface area (Å²) in [6.45, 7) is 2.02. The van der Waals surface area contributed by atoms with Crippen molar-refractivity contribution in [3.05, 3.63) is 94.5 Å². The van der Waals surface area contributed by atoms with Gasteiger partial charge in [0, 0.05) is 6.07 Å². The predicted molar refractivity (Wildman–Crippen MR) is 120 cm³/mol. The fourth-order valence-corrected chi connectivity index (χ4v) is 3.81. The monoisotopic (exact) mass is 412 g/mol. The molecule has 0 radical (unpaired) electrons. The van der Waals surface area contributed by atoms with Crippen LogP contribution in [-0.4, -0.2) is 7.11 Å². The van der Waals surface area contributed by atoms with E-state index in [2.05, 4.69) is 24.3 Å². The summed E-state index contributed by atoms with van der Waals surface area (Å²) in [6, 6.07) is 21.6. The molecule has 0 saturated heterocycles. The standard InChI is InChI=1S/C26H20O5/c1-16-14-21(27)22-23(28-2)20-12-13-29-24(20)26(25(22)31-16)30-15-17-8-10-19(11-9-17)18-6-4-3-5-7-18/h3-14H,15H2,1-2H3. The summed E-state index contributed by atoms with van der Waals surface area (Å²) in [5.41, 5.74) is 3.90. The van der Waals surface area contributed by atoms with Crippen molar-refractivity contribution in [2.45, 2.75) is 13.5 Å². The maximum Gasteiger partial charge on any atom is 0.206 e. The summed E-state index contributed by atoms with van der Waals surface area (Å²) < 4.78 is 23.2. The molecule has 0 N–H and O–H groups in total. The van der Waals surface area contributed by atoms with Gasteiger partial charge in [-0.05, 0) is 29.7 Å². The van der Waals surface area contributed by atoms with Gasteiger partial charge in [-0.2, -0.15) is 0 Å². The van der Waals surface area contributed by atoms with Crippen LogP contribution in [0.25, 0.3) is 33.1 Å². The zero-order valence-corrected chi connectivity index (χ0v) is 17.2. The Bertz CT molecular complexity index is 1430. The molecule has 0 amide bonds. The summed E-state index contributed by atoms with van der Waals surface area (Å²) >= 11 is 0. The van der Waals surface area contributed by atoms with Crippen molar-refractivity contribution in [2.24, 2.45) is 0 Å². The molecule has 0 aliphatic heterocycles. The zero-order valence-electron chi connectivity index (χ0n) is 17.2. The van der Waals surface area contributed by atoms with Crippen molar-refractivity contribution in [2.75, 3.05) is 7.11 Å². The second-order valence-corrected chi connectivity index (χ2v) is 7.30. The number of furan rings is 1. The van der Waals surface area contributed by atoms with Gasteiger partial charge in [0.25, 0.3) is 0 Å². The van der Waals surface area contributed by atoms with E-state index in [1.165, 1.54) is 13.2 Å². The van der Waals surface area contributed by atoms with E-state index in [4.69, 9.17) is 18.3 Å². The van der Waals surface area contributed by atoms with E-state index >= 15 is 0 Å². The largest absolute Gasteiger partial charge is 0.495 e. The first kappa shape index (κ1) is 19.0. The van der Waals surface area contributed by atoms with Gasteiger partial charge in [0.05, 0.1) is 18.8 Å². The molecule has 5 nitrogen and oxygen atoms in total. The van der Waals surface area contributed by atoms with Gasteiger partial charge in [-0.15, -0.1) is 0 Å². The van der Waals surface area contributed by atoms with Crippen molar-refractivity contribution >= 4 is 21.9 Å². The Kier molecular flexibility index (Phi) is 4.71. The van der Waals surface area contributed by atoms with E-state index in [9.17, 15) is 4.79 Å². The van der Waals surface area contributed by atoms with Crippen LogP contribution in [-0.2, 0) is 6.61 Å². The molecular weight excluding hydrogens is 392 g/mol. The second-order valence-electron chi connectivity index (χ2n) is 7.30. The highest BCUT2D eigenvalue weighted by atomic mass is 16.5. The quantitative estimate of drug-likeness (QED) is 0.349. The predicted octanol–water partition coefficient (Wildman–Crippen LogP) is 6.10.